The van der Waals surface area contributed by atoms with Crippen LogP contribution in [0.4, 0.5) is 0 Å². The van der Waals surface area contributed by atoms with Crippen LogP contribution in [0.2, 0.25) is 0 Å². The number of likely N-dealkylation sites (tertiary alicyclic amines) is 1. The Bertz CT molecular complexity index is 279. The summed E-state index contributed by atoms with van der Waals surface area (Å²) < 4.78 is 0. The summed E-state index contributed by atoms with van der Waals surface area (Å²) in [6.45, 7) is 6.09. The van der Waals surface area contributed by atoms with Gasteiger partial charge in [0.2, 0.25) is 0 Å². The van der Waals surface area contributed by atoms with E-state index in [1.165, 1.54) is 30.7 Å². The Morgan fingerprint density at radius 1 is 1.57 bits per heavy atom. The maximum atomic E-state index is 3.83. The average Bonchev–Trinajstić information content (AvgIpc) is 2.72. The Morgan fingerprint density at radius 2 is 2.50 bits per heavy atom. The standard InChI is InChI=1S/C12H17NS/c1-2-8-13-9-4-3-6-11(13)12-7-5-10-14-12/h2,5,7,10-11H,1,3-4,6,8-9H2. The third-order valence-corrected chi connectivity index (χ3v) is 3.82. The normalized spacial score (nSPS) is 23.6. The summed E-state index contributed by atoms with van der Waals surface area (Å²) in [6.07, 6.45) is 6.05. The van der Waals surface area contributed by atoms with Crippen molar-refractivity contribution in [3.63, 3.8) is 0 Å². The minimum Gasteiger partial charge on any atom is -0.292 e. The van der Waals surface area contributed by atoms with Crippen molar-refractivity contribution in [1.29, 1.82) is 0 Å². The molecule has 1 atom stereocenters. The van der Waals surface area contributed by atoms with E-state index in [-0.39, 0.29) is 0 Å². The van der Waals surface area contributed by atoms with Gasteiger partial charge in [-0.3, -0.25) is 4.90 Å². The van der Waals surface area contributed by atoms with E-state index in [0.29, 0.717) is 6.04 Å². The van der Waals surface area contributed by atoms with Crippen LogP contribution in [0.1, 0.15) is 30.2 Å². The van der Waals surface area contributed by atoms with E-state index < -0.39 is 0 Å². The molecule has 0 spiro atoms. The molecule has 2 heteroatoms. The Hall–Kier alpha value is -0.600. The van der Waals surface area contributed by atoms with Crippen molar-refractivity contribution in [1.82, 2.24) is 4.90 Å². The van der Waals surface area contributed by atoms with E-state index in [0.717, 1.165) is 6.54 Å². The lowest BCUT2D eigenvalue weighted by atomic mass is 10.0. The molecule has 0 aromatic carbocycles. The van der Waals surface area contributed by atoms with Crippen LogP contribution in [0.25, 0.3) is 0 Å². The first kappa shape index (κ1) is 9.94. The Balaban J connectivity index is 2.10. The van der Waals surface area contributed by atoms with E-state index in [4.69, 9.17) is 0 Å². The Labute approximate surface area is 90.1 Å². The predicted octanol–water partition coefficient (Wildman–Crippen LogP) is 3.46. The van der Waals surface area contributed by atoms with Gasteiger partial charge in [-0.05, 0) is 30.8 Å². The van der Waals surface area contributed by atoms with Crippen molar-refractivity contribution in [3.8, 4) is 0 Å². The van der Waals surface area contributed by atoms with Crippen molar-refractivity contribution in [3.05, 3.63) is 35.0 Å². The highest BCUT2D eigenvalue weighted by Crippen LogP contribution is 2.32. The van der Waals surface area contributed by atoms with E-state index in [1.807, 2.05) is 17.4 Å². The second-order valence-corrected chi connectivity index (χ2v) is 4.79. The van der Waals surface area contributed by atoms with Crippen LogP contribution >= 0.6 is 11.3 Å². The van der Waals surface area contributed by atoms with Crippen LogP contribution in [0, 0.1) is 0 Å². The molecule has 1 aromatic rings. The Morgan fingerprint density at radius 3 is 3.21 bits per heavy atom. The average molecular weight is 207 g/mol. The summed E-state index contributed by atoms with van der Waals surface area (Å²) in [6, 6.07) is 5.07. The van der Waals surface area contributed by atoms with Gasteiger partial charge in [-0.15, -0.1) is 17.9 Å². The second kappa shape index (κ2) is 4.76. The number of thiophene rings is 1. The highest BCUT2D eigenvalue weighted by molar-refractivity contribution is 7.10. The number of hydrogen-bond acceptors (Lipinski definition) is 2. The van der Waals surface area contributed by atoms with Crippen molar-refractivity contribution < 1.29 is 0 Å². The maximum Gasteiger partial charge on any atom is 0.0444 e. The topological polar surface area (TPSA) is 3.24 Å². The largest absolute Gasteiger partial charge is 0.292 e. The molecule has 1 aliphatic rings. The van der Waals surface area contributed by atoms with Gasteiger partial charge < -0.3 is 0 Å². The zero-order valence-corrected chi connectivity index (χ0v) is 9.30. The smallest absolute Gasteiger partial charge is 0.0444 e. The van der Waals surface area contributed by atoms with Crippen LogP contribution in [0.5, 0.6) is 0 Å². The number of nitrogens with zero attached hydrogens (tertiary/aromatic N) is 1. The molecule has 76 valence electrons. The number of rotatable bonds is 3. The van der Waals surface area contributed by atoms with Crippen LogP contribution in [0.3, 0.4) is 0 Å². The van der Waals surface area contributed by atoms with Gasteiger partial charge in [0, 0.05) is 17.5 Å². The van der Waals surface area contributed by atoms with Crippen LogP contribution in [0.15, 0.2) is 30.2 Å². The molecule has 1 fully saturated rings. The summed E-state index contributed by atoms with van der Waals surface area (Å²) in [4.78, 5) is 4.06. The molecule has 2 rings (SSSR count). The molecule has 1 aliphatic heterocycles. The molecular formula is C12H17NS. The summed E-state index contributed by atoms with van der Waals surface area (Å²) in [5.74, 6) is 0. The number of hydrogen-bond donors (Lipinski definition) is 0. The molecule has 1 aromatic heterocycles. The quantitative estimate of drug-likeness (QED) is 0.686. The fourth-order valence-corrected chi connectivity index (χ4v) is 3.07. The minimum atomic E-state index is 0.654. The fourth-order valence-electron chi connectivity index (χ4n) is 2.18. The molecule has 1 saturated heterocycles. The third-order valence-electron chi connectivity index (χ3n) is 2.85. The van der Waals surface area contributed by atoms with Gasteiger partial charge >= 0.3 is 0 Å². The SMILES string of the molecule is C=CCN1CCCCC1c1cccs1. The first-order valence-corrected chi connectivity index (χ1v) is 6.18. The third kappa shape index (κ3) is 2.07. The van der Waals surface area contributed by atoms with Gasteiger partial charge in [-0.25, -0.2) is 0 Å². The molecule has 0 radical (unpaired) electrons. The molecule has 1 nitrogen and oxygen atoms in total. The fraction of sp³-hybridized carbons (Fsp3) is 0.500. The first-order chi connectivity index (χ1) is 6.92. The maximum absolute atomic E-state index is 3.83. The molecule has 2 heterocycles. The molecule has 1 unspecified atom stereocenters. The molecule has 0 saturated carbocycles. The van der Waals surface area contributed by atoms with Gasteiger partial charge in [0.15, 0.2) is 0 Å². The van der Waals surface area contributed by atoms with Crippen molar-refractivity contribution in [2.75, 3.05) is 13.1 Å². The lowest BCUT2D eigenvalue weighted by Gasteiger charge is -2.34. The van der Waals surface area contributed by atoms with Crippen molar-refractivity contribution in [2.24, 2.45) is 0 Å². The van der Waals surface area contributed by atoms with E-state index in [9.17, 15) is 0 Å². The van der Waals surface area contributed by atoms with Crippen LogP contribution in [-0.2, 0) is 0 Å². The lowest BCUT2D eigenvalue weighted by molar-refractivity contribution is 0.169. The molecule has 0 bridgehead atoms. The van der Waals surface area contributed by atoms with Crippen molar-refractivity contribution >= 4 is 11.3 Å². The van der Waals surface area contributed by atoms with Gasteiger partial charge in [0.05, 0.1) is 0 Å². The highest BCUT2D eigenvalue weighted by atomic mass is 32.1. The number of piperidine rings is 1. The molecular weight excluding hydrogens is 190 g/mol. The summed E-state index contributed by atoms with van der Waals surface area (Å²) >= 11 is 1.88. The predicted molar refractivity (Wildman–Crippen MR) is 62.7 cm³/mol. The lowest BCUT2D eigenvalue weighted by Crippen LogP contribution is -2.32. The van der Waals surface area contributed by atoms with E-state index >= 15 is 0 Å². The second-order valence-electron chi connectivity index (χ2n) is 3.81. The van der Waals surface area contributed by atoms with Gasteiger partial charge in [-0.1, -0.05) is 18.6 Å². The summed E-state index contributed by atoms with van der Waals surface area (Å²) in [5.41, 5.74) is 0. The summed E-state index contributed by atoms with van der Waals surface area (Å²) in [5, 5.41) is 2.18. The molecule has 0 aliphatic carbocycles. The minimum absolute atomic E-state index is 0.654. The zero-order chi connectivity index (χ0) is 9.80. The Kier molecular flexibility index (Phi) is 3.38. The van der Waals surface area contributed by atoms with E-state index in [1.54, 1.807) is 0 Å². The molecule has 0 N–H and O–H groups in total. The summed E-state index contributed by atoms with van der Waals surface area (Å²) in [7, 11) is 0. The van der Waals surface area contributed by atoms with Crippen LogP contribution in [-0.4, -0.2) is 18.0 Å². The van der Waals surface area contributed by atoms with Gasteiger partial charge in [0.1, 0.15) is 0 Å². The monoisotopic (exact) mass is 207 g/mol. The highest BCUT2D eigenvalue weighted by Gasteiger charge is 2.23. The van der Waals surface area contributed by atoms with Gasteiger partial charge in [-0.2, -0.15) is 0 Å². The molecule has 0 amide bonds. The molecule has 14 heavy (non-hydrogen) atoms. The van der Waals surface area contributed by atoms with Gasteiger partial charge in [0.25, 0.3) is 0 Å². The zero-order valence-electron chi connectivity index (χ0n) is 8.48. The van der Waals surface area contributed by atoms with Crippen molar-refractivity contribution in [2.45, 2.75) is 25.3 Å². The van der Waals surface area contributed by atoms with Crippen LogP contribution < -0.4 is 0 Å². The van der Waals surface area contributed by atoms with E-state index in [2.05, 4.69) is 29.0 Å². The first-order valence-electron chi connectivity index (χ1n) is 5.30.